The van der Waals surface area contributed by atoms with Gasteiger partial charge in [0, 0.05) is 12.1 Å². The van der Waals surface area contributed by atoms with Crippen LogP contribution in [0.4, 0.5) is 11.4 Å². The molecule has 0 saturated carbocycles. The topological polar surface area (TPSA) is 81.5 Å². The first-order chi connectivity index (χ1) is 10.9. The number of ether oxygens (including phenoxy) is 1. The van der Waals surface area contributed by atoms with E-state index in [9.17, 15) is 14.9 Å². The summed E-state index contributed by atoms with van der Waals surface area (Å²) in [5.74, 6) is 0.438. The van der Waals surface area contributed by atoms with Crippen LogP contribution in [0.2, 0.25) is 5.02 Å². The molecule has 0 spiro atoms. The molecule has 7 heteroatoms. The highest BCUT2D eigenvalue weighted by atomic mass is 35.5. The number of halogens is 1. The molecule has 0 fully saturated rings. The van der Waals surface area contributed by atoms with Crippen LogP contribution in [0.25, 0.3) is 0 Å². The number of hydrogen-bond acceptors (Lipinski definition) is 4. The van der Waals surface area contributed by atoms with Crippen molar-refractivity contribution in [2.45, 2.75) is 13.3 Å². The standard InChI is InChI=1S/C16H15ClN2O4/c1-10-7-11(3-6-15(10)23-2)8-16(20)18-14-9-12(19(21)22)4-5-13(14)17/h3-7,9H,8H2,1-2H3,(H,18,20). The van der Waals surface area contributed by atoms with Gasteiger partial charge in [-0.25, -0.2) is 0 Å². The van der Waals surface area contributed by atoms with Crippen LogP contribution in [0.15, 0.2) is 36.4 Å². The van der Waals surface area contributed by atoms with Gasteiger partial charge in [0.1, 0.15) is 5.75 Å². The molecule has 0 aliphatic rings. The van der Waals surface area contributed by atoms with Gasteiger partial charge in [0.2, 0.25) is 5.91 Å². The summed E-state index contributed by atoms with van der Waals surface area (Å²) in [5, 5.41) is 13.6. The summed E-state index contributed by atoms with van der Waals surface area (Å²) >= 11 is 5.96. The van der Waals surface area contributed by atoms with E-state index >= 15 is 0 Å². The molecule has 120 valence electrons. The summed E-state index contributed by atoms with van der Waals surface area (Å²) in [6.45, 7) is 1.89. The number of nitro groups is 1. The Morgan fingerprint density at radius 1 is 1.30 bits per heavy atom. The molecule has 23 heavy (non-hydrogen) atoms. The molecule has 2 rings (SSSR count). The minimum Gasteiger partial charge on any atom is -0.496 e. The second-order valence-corrected chi connectivity index (χ2v) is 5.36. The van der Waals surface area contributed by atoms with Gasteiger partial charge in [-0.3, -0.25) is 14.9 Å². The summed E-state index contributed by atoms with van der Waals surface area (Å²) < 4.78 is 5.17. The Morgan fingerprint density at radius 2 is 2.04 bits per heavy atom. The third-order valence-electron chi connectivity index (χ3n) is 3.26. The maximum Gasteiger partial charge on any atom is 0.271 e. The van der Waals surface area contributed by atoms with Gasteiger partial charge in [0.05, 0.1) is 29.2 Å². The van der Waals surface area contributed by atoms with Crippen molar-refractivity contribution in [1.29, 1.82) is 0 Å². The van der Waals surface area contributed by atoms with Gasteiger partial charge >= 0.3 is 0 Å². The number of amides is 1. The van der Waals surface area contributed by atoms with E-state index < -0.39 is 4.92 Å². The molecule has 0 saturated heterocycles. The average molecular weight is 335 g/mol. The van der Waals surface area contributed by atoms with Crippen LogP contribution in [0.3, 0.4) is 0 Å². The molecule has 2 aromatic rings. The number of non-ortho nitro benzene ring substituents is 1. The van der Waals surface area contributed by atoms with Crippen molar-refractivity contribution in [2.75, 3.05) is 12.4 Å². The second-order valence-electron chi connectivity index (χ2n) is 4.95. The molecular weight excluding hydrogens is 320 g/mol. The van der Waals surface area contributed by atoms with Crippen LogP contribution in [0.1, 0.15) is 11.1 Å². The number of nitrogens with one attached hydrogen (secondary N) is 1. The predicted octanol–water partition coefficient (Wildman–Crippen LogP) is 3.75. The fourth-order valence-electron chi connectivity index (χ4n) is 2.15. The van der Waals surface area contributed by atoms with Gasteiger partial charge in [-0.1, -0.05) is 23.7 Å². The van der Waals surface area contributed by atoms with Crippen LogP contribution >= 0.6 is 11.6 Å². The Kier molecular flexibility index (Phi) is 5.18. The minimum absolute atomic E-state index is 0.129. The largest absolute Gasteiger partial charge is 0.496 e. The smallest absolute Gasteiger partial charge is 0.271 e. The van der Waals surface area contributed by atoms with E-state index in [4.69, 9.17) is 16.3 Å². The van der Waals surface area contributed by atoms with Gasteiger partial charge < -0.3 is 10.1 Å². The van der Waals surface area contributed by atoms with Crippen LogP contribution in [0, 0.1) is 17.0 Å². The fraction of sp³-hybridized carbons (Fsp3) is 0.188. The highest BCUT2D eigenvalue weighted by molar-refractivity contribution is 6.33. The van der Waals surface area contributed by atoms with Crippen molar-refractivity contribution in [3.63, 3.8) is 0 Å². The van der Waals surface area contributed by atoms with E-state index in [0.717, 1.165) is 16.9 Å². The number of anilines is 1. The van der Waals surface area contributed by atoms with E-state index in [1.807, 2.05) is 13.0 Å². The zero-order valence-electron chi connectivity index (χ0n) is 12.6. The number of benzene rings is 2. The SMILES string of the molecule is COc1ccc(CC(=O)Nc2cc([N+](=O)[O-])ccc2Cl)cc1C. The Labute approximate surface area is 138 Å². The lowest BCUT2D eigenvalue weighted by atomic mass is 10.1. The fourth-order valence-corrected chi connectivity index (χ4v) is 2.32. The first kappa shape index (κ1) is 16.8. The number of hydrogen-bond donors (Lipinski definition) is 1. The van der Waals surface area contributed by atoms with Crippen LogP contribution in [0.5, 0.6) is 5.75 Å². The average Bonchev–Trinajstić information content (AvgIpc) is 2.49. The molecule has 0 atom stereocenters. The molecule has 1 amide bonds. The quantitative estimate of drug-likeness (QED) is 0.667. The summed E-state index contributed by atoms with van der Waals surface area (Å²) in [7, 11) is 1.58. The maximum absolute atomic E-state index is 12.1. The molecule has 0 aliphatic heterocycles. The zero-order chi connectivity index (χ0) is 17.0. The minimum atomic E-state index is -0.543. The zero-order valence-corrected chi connectivity index (χ0v) is 13.4. The summed E-state index contributed by atoms with van der Waals surface area (Å²) in [5.41, 5.74) is 1.81. The lowest BCUT2D eigenvalue weighted by Gasteiger charge is -2.09. The van der Waals surface area contributed by atoms with Crippen molar-refractivity contribution in [2.24, 2.45) is 0 Å². The third kappa shape index (κ3) is 4.20. The predicted molar refractivity (Wildman–Crippen MR) is 88.2 cm³/mol. The summed E-state index contributed by atoms with van der Waals surface area (Å²) in [6.07, 6.45) is 0.129. The molecule has 0 aromatic heterocycles. The highest BCUT2D eigenvalue weighted by Gasteiger charge is 2.13. The lowest BCUT2D eigenvalue weighted by Crippen LogP contribution is -2.15. The molecule has 0 aliphatic carbocycles. The Morgan fingerprint density at radius 3 is 2.65 bits per heavy atom. The summed E-state index contributed by atoms with van der Waals surface area (Å²) in [4.78, 5) is 22.3. The van der Waals surface area contributed by atoms with E-state index in [1.165, 1.54) is 18.2 Å². The van der Waals surface area contributed by atoms with E-state index in [1.54, 1.807) is 19.2 Å². The normalized spacial score (nSPS) is 10.2. The number of methoxy groups -OCH3 is 1. The van der Waals surface area contributed by atoms with E-state index in [-0.39, 0.29) is 28.7 Å². The molecule has 1 N–H and O–H groups in total. The molecule has 6 nitrogen and oxygen atoms in total. The number of nitrogens with zero attached hydrogens (tertiary/aromatic N) is 1. The van der Waals surface area contributed by atoms with Crippen LogP contribution in [-0.4, -0.2) is 17.9 Å². The molecule has 0 unspecified atom stereocenters. The summed E-state index contributed by atoms with van der Waals surface area (Å²) in [6, 6.07) is 9.34. The van der Waals surface area contributed by atoms with Gasteiger partial charge in [-0.15, -0.1) is 0 Å². The first-order valence-electron chi connectivity index (χ1n) is 6.78. The number of carbonyl (C=O) groups is 1. The van der Waals surface area contributed by atoms with E-state index in [0.29, 0.717) is 0 Å². The second kappa shape index (κ2) is 7.11. The van der Waals surface area contributed by atoms with Gasteiger partial charge in [-0.2, -0.15) is 0 Å². The highest BCUT2D eigenvalue weighted by Crippen LogP contribution is 2.27. The maximum atomic E-state index is 12.1. The Bertz CT molecular complexity index is 762. The Balaban J connectivity index is 2.12. The van der Waals surface area contributed by atoms with Crippen LogP contribution < -0.4 is 10.1 Å². The van der Waals surface area contributed by atoms with Crippen LogP contribution in [-0.2, 0) is 11.2 Å². The molecule has 0 bridgehead atoms. The number of nitro benzene ring substituents is 1. The number of aryl methyl sites for hydroxylation is 1. The van der Waals surface area contributed by atoms with Crippen molar-refractivity contribution in [3.8, 4) is 5.75 Å². The van der Waals surface area contributed by atoms with E-state index in [2.05, 4.69) is 5.32 Å². The van der Waals surface area contributed by atoms with Crippen molar-refractivity contribution in [1.82, 2.24) is 0 Å². The van der Waals surface area contributed by atoms with Crippen molar-refractivity contribution < 1.29 is 14.5 Å². The monoisotopic (exact) mass is 334 g/mol. The van der Waals surface area contributed by atoms with Gasteiger partial charge in [-0.05, 0) is 30.2 Å². The number of rotatable bonds is 5. The van der Waals surface area contributed by atoms with Gasteiger partial charge in [0.15, 0.2) is 0 Å². The molecule has 2 aromatic carbocycles. The molecular formula is C16H15ClN2O4. The van der Waals surface area contributed by atoms with Gasteiger partial charge in [0.25, 0.3) is 5.69 Å². The first-order valence-corrected chi connectivity index (χ1v) is 7.16. The lowest BCUT2D eigenvalue weighted by molar-refractivity contribution is -0.384. The number of carbonyl (C=O) groups excluding carboxylic acids is 1. The molecule has 0 radical (unpaired) electrons. The Hall–Kier alpha value is -2.60. The molecule has 0 heterocycles. The van der Waals surface area contributed by atoms with Crippen molar-refractivity contribution in [3.05, 3.63) is 62.7 Å². The van der Waals surface area contributed by atoms with Crippen molar-refractivity contribution >= 4 is 28.9 Å². The third-order valence-corrected chi connectivity index (χ3v) is 3.59.